The van der Waals surface area contributed by atoms with Gasteiger partial charge in [0.1, 0.15) is 0 Å². The van der Waals surface area contributed by atoms with Gasteiger partial charge < -0.3 is 5.73 Å². The molecule has 0 saturated carbocycles. The van der Waals surface area contributed by atoms with Gasteiger partial charge >= 0.3 is 15.5 Å². The summed E-state index contributed by atoms with van der Waals surface area (Å²) in [6, 6.07) is 18.4. The van der Waals surface area contributed by atoms with Gasteiger partial charge in [-0.2, -0.15) is 17.9 Å². The Bertz CT molecular complexity index is 1130. The standard InChI is InChI=1S/C15H15F3N2O2S.C10H14.Ru/c16-15(17,18)23(21,22)20-14(12-9-5-2-6-10-12)13(19)11-7-3-1-4-8-11;1-7-5-6-8(2)10(4)9(7)3;/h1-10,13-14,20H,19H2;5-6H,1-4H3;/t13-,14-;;/m1../s1. The third-order valence-corrected chi connectivity index (χ3v) is 6.79. The van der Waals surface area contributed by atoms with Crippen molar-refractivity contribution in [1.82, 2.24) is 4.72 Å². The summed E-state index contributed by atoms with van der Waals surface area (Å²) in [6.07, 6.45) is 0. The molecule has 0 aromatic heterocycles. The van der Waals surface area contributed by atoms with Crippen molar-refractivity contribution < 1.29 is 41.1 Å². The van der Waals surface area contributed by atoms with Crippen LogP contribution in [0, 0.1) is 27.7 Å². The Hall–Kier alpha value is -2.06. The minimum atomic E-state index is -5.53. The summed E-state index contributed by atoms with van der Waals surface area (Å²) < 4.78 is 62.7. The summed E-state index contributed by atoms with van der Waals surface area (Å²) in [7, 11) is -5.53. The number of benzene rings is 3. The molecule has 186 valence electrons. The van der Waals surface area contributed by atoms with E-state index >= 15 is 0 Å². The summed E-state index contributed by atoms with van der Waals surface area (Å²) >= 11 is 0. The van der Waals surface area contributed by atoms with Crippen LogP contribution in [0.2, 0.25) is 0 Å². The number of nitrogens with one attached hydrogen (secondary N) is 1. The Morgan fingerprint density at radius 1 is 0.735 bits per heavy atom. The first-order chi connectivity index (χ1) is 15.3. The number of hydrogen-bond acceptors (Lipinski definition) is 3. The fraction of sp³-hybridized carbons (Fsp3) is 0.280. The van der Waals surface area contributed by atoms with Crippen molar-refractivity contribution in [3.63, 3.8) is 0 Å². The zero-order valence-electron chi connectivity index (χ0n) is 19.4. The quantitative estimate of drug-likeness (QED) is 0.376. The van der Waals surface area contributed by atoms with E-state index in [9.17, 15) is 21.6 Å². The number of rotatable bonds is 5. The van der Waals surface area contributed by atoms with Gasteiger partial charge in [0.15, 0.2) is 0 Å². The van der Waals surface area contributed by atoms with Crippen LogP contribution in [0.3, 0.4) is 0 Å². The van der Waals surface area contributed by atoms with Crippen LogP contribution in [-0.2, 0) is 29.5 Å². The largest absolute Gasteiger partial charge is 0.511 e. The van der Waals surface area contributed by atoms with E-state index in [4.69, 9.17) is 5.73 Å². The molecular weight excluding hydrogens is 550 g/mol. The molecule has 3 aromatic rings. The second-order valence-electron chi connectivity index (χ2n) is 7.84. The maximum absolute atomic E-state index is 12.7. The Morgan fingerprint density at radius 2 is 1.12 bits per heavy atom. The molecule has 4 nitrogen and oxygen atoms in total. The van der Waals surface area contributed by atoms with Crippen molar-refractivity contribution in [3.05, 3.63) is 106 Å². The molecule has 0 amide bonds. The summed E-state index contributed by atoms with van der Waals surface area (Å²) in [5.74, 6) is 0. The van der Waals surface area contributed by atoms with E-state index in [1.807, 2.05) is 0 Å². The maximum atomic E-state index is 12.7. The SMILES string of the molecule is Cc1ccc(C)c(C)c1C.N[C@H](c1ccccc1)[C@H](NS(=O)(=O)C(F)(F)F)c1ccccc1.[Ru]. The van der Waals surface area contributed by atoms with Crippen molar-refractivity contribution in [1.29, 1.82) is 0 Å². The molecule has 3 N–H and O–H groups in total. The Morgan fingerprint density at radius 3 is 1.50 bits per heavy atom. The van der Waals surface area contributed by atoms with Crippen molar-refractivity contribution >= 4 is 10.0 Å². The van der Waals surface area contributed by atoms with E-state index in [1.165, 1.54) is 34.4 Å². The molecule has 0 radical (unpaired) electrons. The molecule has 0 bridgehead atoms. The van der Waals surface area contributed by atoms with Crippen LogP contribution in [0.15, 0.2) is 72.8 Å². The minimum absolute atomic E-state index is 0. The zero-order valence-corrected chi connectivity index (χ0v) is 21.9. The third kappa shape index (κ3) is 7.74. The summed E-state index contributed by atoms with van der Waals surface area (Å²) in [6.45, 7) is 8.67. The molecular formula is C25H29F3N2O2RuS. The summed E-state index contributed by atoms with van der Waals surface area (Å²) in [5, 5.41) is 0. The van der Waals surface area contributed by atoms with Crippen molar-refractivity contribution in [2.45, 2.75) is 45.3 Å². The smallest absolute Gasteiger partial charge is 0.322 e. The first-order valence-corrected chi connectivity index (χ1v) is 11.8. The molecule has 9 heteroatoms. The Kier molecular flexibility index (Phi) is 11.1. The first kappa shape index (κ1) is 30.0. The fourth-order valence-electron chi connectivity index (χ4n) is 3.20. The van der Waals surface area contributed by atoms with Crippen LogP contribution in [0.5, 0.6) is 0 Å². The van der Waals surface area contributed by atoms with E-state index in [0.717, 1.165) is 0 Å². The predicted octanol–water partition coefficient (Wildman–Crippen LogP) is 5.78. The van der Waals surface area contributed by atoms with Crippen LogP contribution in [0.1, 0.15) is 45.5 Å². The first-order valence-electron chi connectivity index (χ1n) is 10.3. The van der Waals surface area contributed by atoms with Gasteiger partial charge in [-0.05, 0) is 61.1 Å². The number of alkyl halides is 3. The van der Waals surface area contributed by atoms with E-state index in [-0.39, 0.29) is 19.5 Å². The zero-order chi connectivity index (χ0) is 24.8. The molecule has 34 heavy (non-hydrogen) atoms. The van der Waals surface area contributed by atoms with E-state index < -0.39 is 27.6 Å². The normalized spacial score (nSPS) is 13.2. The Labute approximate surface area is 212 Å². The third-order valence-electron chi connectivity index (χ3n) is 5.62. The van der Waals surface area contributed by atoms with Crippen molar-refractivity contribution in [3.8, 4) is 0 Å². The number of sulfonamides is 1. The second kappa shape index (κ2) is 12.6. The van der Waals surface area contributed by atoms with Crippen LogP contribution in [0.25, 0.3) is 0 Å². The molecule has 0 fully saturated rings. The van der Waals surface area contributed by atoms with Crippen LogP contribution >= 0.6 is 0 Å². The van der Waals surface area contributed by atoms with Gasteiger partial charge in [-0.3, -0.25) is 0 Å². The topological polar surface area (TPSA) is 72.2 Å². The van der Waals surface area contributed by atoms with Gasteiger partial charge in [0, 0.05) is 19.5 Å². The summed E-state index contributed by atoms with van der Waals surface area (Å²) in [5.41, 5.74) is 7.13. The Balaban J connectivity index is 0.000000442. The maximum Gasteiger partial charge on any atom is 0.511 e. The molecule has 0 spiro atoms. The molecule has 0 aliphatic rings. The minimum Gasteiger partial charge on any atom is -0.322 e. The predicted molar refractivity (Wildman–Crippen MR) is 126 cm³/mol. The van der Waals surface area contributed by atoms with Gasteiger partial charge in [0.05, 0.1) is 12.1 Å². The molecule has 0 aliphatic heterocycles. The average molecular weight is 580 g/mol. The van der Waals surface area contributed by atoms with Crippen molar-refractivity contribution in [2.24, 2.45) is 5.73 Å². The van der Waals surface area contributed by atoms with E-state index in [1.54, 1.807) is 53.3 Å². The summed E-state index contributed by atoms with van der Waals surface area (Å²) in [4.78, 5) is 0. The number of halogens is 3. The molecule has 0 heterocycles. The van der Waals surface area contributed by atoms with Gasteiger partial charge in [-0.15, -0.1) is 0 Å². The molecule has 0 saturated heterocycles. The number of aryl methyl sites for hydroxylation is 2. The molecule has 0 aliphatic carbocycles. The second-order valence-corrected chi connectivity index (χ2v) is 9.55. The van der Waals surface area contributed by atoms with E-state index in [0.29, 0.717) is 11.1 Å². The van der Waals surface area contributed by atoms with Gasteiger partial charge in [-0.25, -0.2) is 8.42 Å². The molecule has 0 unspecified atom stereocenters. The monoisotopic (exact) mass is 580 g/mol. The van der Waals surface area contributed by atoms with Crippen LogP contribution in [-0.4, -0.2) is 13.9 Å². The van der Waals surface area contributed by atoms with Gasteiger partial charge in [-0.1, -0.05) is 72.8 Å². The van der Waals surface area contributed by atoms with E-state index in [2.05, 4.69) is 39.8 Å². The fourth-order valence-corrected chi connectivity index (χ4v) is 3.95. The number of nitrogens with two attached hydrogens (primary N) is 1. The molecule has 3 aromatic carbocycles. The molecule has 3 rings (SSSR count). The van der Waals surface area contributed by atoms with Crippen LogP contribution in [0.4, 0.5) is 13.2 Å². The van der Waals surface area contributed by atoms with Crippen molar-refractivity contribution in [2.75, 3.05) is 0 Å². The molecule has 2 atom stereocenters. The average Bonchev–Trinajstić information content (AvgIpc) is 2.79. The van der Waals surface area contributed by atoms with Gasteiger partial charge in [0.25, 0.3) is 0 Å². The van der Waals surface area contributed by atoms with Gasteiger partial charge in [0.2, 0.25) is 0 Å². The van der Waals surface area contributed by atoms with Crippen LogP contribution < -0.4 is 10.5 Å². The number of hydrogen-bond donors (Lipinski definition) is 2.